The van der Waals surface area contributed by atoms with Gasteiger partial charge in [-0.2, -0.15) is 9.29 Å². The lowest BCUT2D eigenvalue weighted by molar-refractivity contribution is 0.336. The van der Waals surface area contributed by atoms with Crippen molar-refractivity contribution in [2.75, 3.05) is 20.8 Å². The molecule has 1 aromatic heterocycles. The quantitative estimate of drug-likeness (QED) is 0.483. The minimum absolute atomic E-state index is 0.0595. The Morgan fingerprint density at radius 1 is 1.17 bits per heavy atom. The zero-order chi connectivity index (χ0) is 21.0. The van der Waals surface area contributed by atoms with E-state index < -0.39 is 10.0 Å². The van der Waals surface area contributed by atoms with E-state index in [4.69, 9.17) is 14.0 Å². The fourth-order valence-corrected chi connectivity index (χ4v) is 4.41. The Kier molecular flexibility index (Phi) is 6.56. The van der Waals surface area contributed by atoms with Crippen LogP contribution in [-0.2, 0) is 16.6 Å². The van der Waals surface area contributed by atoms with Gasteiger partial charge >= 0.3 is 0 Å². The fourth-order valence-electron chi connectivity index (χ4n) is 2.57. The van der Waals surface area contributed by atoms with Gasteiger partial charge in [-0.1, -0.05) is 5.16 Å². The summed E-state index contributed by atoms with van der Waals surface area (Å²) in [6, 6.07) is 11.8. The standard InChI is InChI=1S/C19H20BrN3O5S/c1-4-27-14-7-5-13(6-8-14)19-21-18(28-22-19)12-23(2)29(24,25)15-9-10-17(26-3)16(20)11-15/h5-11H,4,12H2,1-3H3. The third kappa shape index (κ3) is 4.77. The third-order valence-electron chi connectivity index (χ3n) is 4.08. The van der Waals surface area contributed by atoms with Gasteiger partial charge in [0.1, 0.15) is 11.5 Å². The van der Waals surface area contributed by atoms with Gasteiger partial charge in [0, 0.05) is 12.6 Å². The molecule has 0 saturated carbocycles. The van der Waals surface area contributed by atoms with E-state index in [-0.39, 0.29) is 17.3 Å². The zero-order valence-corrected chi connectivity index (χ0v) is 18.5. The van der Waals surface area contributed by atoms with Crippen molar-refractivity contribution in [3.05, 3.63) is 52.8 Å². The highest BCUT2D eigenvalue weighted by molar-refractivity contribution is 9.10. The Labute approximate surface area is 177 Å². The van der Waals surface area contributed by atoms with E-state index in [0.717, 1.165) is 15.6 Å². The Morgan fingerprint density at radius 3 is 2.52 bits per heavy atom. The predicted molar refractivity (Wildman–Crippen MR) is 110 cm³/mol. The summed E-state index contributed by atoms with van der Waals surface area (Å²) < 4.78 is 43.1. The summed E-state index contributed by atoms with van der Waals surface area (Å²) in [4.78, 5) is 4.42. The number of aromatic nitrogens is 2. The minimum Gasteiger partial charge on any atom is -0.496 e. The van der Waals surface area contributed by atoms with E-state index in [1.165, 1.54) is 26.3 Å². The third-order valence-corrected chi connectivity index (χ3v) is 6.50. The minimum atomic E-state index is -3.75. The molecule has 10 heteroatoms. The van der Waals surface area contributed by atoms with Gasteiger partial charge in [-0.25, -0.2) is 8.42 Å². The Bertz CT molecular complexity index is 1080. The van der Waals surface area contributed by atoms with Gasteiger partial charge in [0.15, 0.2) is 0 Å². The number of ether oxygens (including phenoxy) is 2. The molecular formula is C19H20BrN3O5S. The van der Waals surface area contributed by atoms with Crippen LogP contribution in [0, 0.1) is 0 Å². The van der Waals surface area contributed by atoms with Crippen molar-refractivity contribution in [2.45, 2.75) is 18.4 Å². The lowest BCUT2D eigenvalue weighted by atomic mass is 10.2. The van der Waals surface area contributed by atoms with E-state index in [1.54, 1.807) is 6.07 Å². The van der Waals surface area contributed by atoms with E-state index in [0.29, 0.717) is 22.7 Å². The van der Waals surface area contributed by atoms with Gasteiger partial charge in [-0.05, 0) is 65.3 Å². The smallest absolute Gasteiger partial charge is 0.243 e. The van der Waals surface area contributed by atoms with Gasteiger partial charge in [-0.3, -0.25) is 0 Å². The van der Waals surface area contributed by atoms with Crippen LogP contribution in [0.25, 0.3) is 11.4 Å². The second-order valence-corrected chi connectivity index (χ2v) is 8.93. The molecule has 0 unspecified atom stereocenters. The molecule has 0 aliphatic heterocycles. The molecule has 0 radical (unpaired) electrons. The maximum atomic E-state index is 12.8. The molecule has 0 bridgehead atoms. The zero-order valence-electron chi connectivity index (χ0n) is 16.1. The summed E-state index contributed by atoms with van der Waals surface area (Å²) in [6.45, 7) is 2.43. The molecule has 0 amide bonds. The number of rotatable bonds is 8. The van der Waals surface area contributed by atoms with E-state index in [2.05, 4.69) is 26.1 Å². The summed E-state index contributed by atoms with van der Waals surface area (Å²) in [5, 5.41) is 3.93. The monoisotopic (exact) mass is 481 g/mol. The van der Waals surface area contributed by atoms with Crippen LogP contribution in [0.15, 0.2) is 56.4 Å². The number of benzene rings is 2. The molecule has 29 heavy (non-hydrogen) atoms. The van der Waals surface area contributed by atoms with Crippen molar-refractivity contribution >= 4 is 26.0 Å². The highest BCUT2D eigenvalue weighted by Gasteiger charge is 2.24. The molecule has 154 valence electrons. The van der Waals surface area contributed by atoms with Gasteiger partial charge in [0.05, 0.1) is 29.6 Å². The number of halogens is 1. The lowest BCUT2D eigenvalue weighted by Gasteiger charge is -2.15. The number of hydrogen-bond donors (Lipinski definition) is 0. The predicted octanol–water partition coefficient (Wildman–Crippen LogP) is 3.73. The Hall–Kier alpha value is -2.43. The normalized spacial score (nSPS) is 11.6. The molecule has 0 atom stereocenters. The summed E-state index contributed by atoms with van der Waals surface area (Å²) in [5.41, 5.74) is 0.744. The van der Waals surface area contributed by atoms with Crippen molar-refractivity contribution in [1.82, 2.24) is 14.4 Å². The number of sulfonamides is 1. The average Bonchev–Trinajstić information content (AvgIpc) is 3.17. The molecule has 0 N–H and O–H groups in total. The van der Waals surface area contributed by atoms with Crippen LogP contribution in [0.4, 0.5) is 0 Å². The Balaban J connectivity index is 1.75. The molecule has 8 nitrogen and oxygen atoms in total. The fraction of sp³-hybridized carbons (Fsp3) is 0.263. The number of methoxy groups -OCH3 is 1. The van der Waals surface area contributed by atoms with E-state index >= 15 is 0 Å². The van der Waals surface area contributed by atoms with Gasteiger partial charge < -0.3 is 14.0 Å². The molecule has 1 heterocycles. The topological polar surface area (TPSA) is 94.8 Å². The largest absolute Gasteiger partial charge is 0.496 e. The first-order valence-corrected chi connectivity index (χ1v) is 10.9. The van der Waals surface area contributed by atoms with Crippen LogP contribution in [0.2, 0.25) is 0 Å². The van der Waals surface area contributed by atoms with Crippen molar-refractivity contribution in [3.63, 3.8) is 0 Å². The highest BCUT2D eigenvalue weighted by atomic mass is 79.9. The first-order chi connectivity index (χ1) is 13.8. The number of hydrogen-bond acceptors (Lipinski definition) is 7. The highest BCUT2D eigenvalue weighted by Crippen LogP contribution is 2.29. The molecule has 0 aliphatic carbocycles. The van der Waals surface area contributed by atoms with Crippen molar-refractivity contribution < 1.29 is 22.4 Å². The van der Waals surface area contributed by atoms with Crippen molar-refractivity contribution in [2.24, 2.45) is 0 Å². The van der Waals surface area contributed by atoms with Crippen LogP contribution < -0.4 is 9.47 Å². The summed E-state index contributed by atoms with van der Waals surface area (Å²) in [5.74, 6) is 1.86. The Morgan fingerprint density at radius 2 is 1.90 bits per heavy atom. The van der Waals surface area contributed by atoms with Crippen LogP contribution in [0.5, 0.6) is 11.5 Å². The molecule has 0 saturated heterocycles. The van der Waals surface area contributed by atoms with Crippen LogP contribution >= 0.6 is 15.9 Å². The van der Waals surface area contributed by atoms with E-state index in [9.17, 15) is 8.42 Å². The van der Waals surface area contributed by atoms with Crippen LogP contribution in [0.1, 0.15) is 12.8 Å². The maximum absolute atomic E-state index is 12.8. The second-order valence-electron chi connectivity index (χ2n) is 6.03. The molecule has 3 aromatic rings. The summed E-state index contributed by atoms with van der Waals surface area (Å²) >= 11 is 3.30. The second kappa shape index (κ2) is 8.93. The van der Waals surface area contributed by atoms with Gasteiger partial charge in [0.25, 0.3) is 0 Å². The first kappa shape index (κ1) is 21.3. The first-order valence-electron chi connectivity index (χ1n) is 8.71. The number of nitrogens with zero attached hydrogens (tertiary/aromatic N) is 3. The van der Waals surface area contributed by atoms with Crippen LogP contribution in [0.3, 0.4) is 0 Å². The van der Waals surface area contributed by atoms with Crippen molar-refractivity contribution in [1.29, 1.82) is 0 Å². The van der Waals surface area contributed by atoms with Gasteiger partial charge in [0.2, 0.25) is 21.7 Å². The maximum Gasteiger partial charge on any atom is 0.243 e. The molecular weight excluding hydrogens is 462 g/mol. The van der Waals surface area contributed by atoms with Crippen molar-refractivity contribution in [3.8, 4) is 22.9 Å². The lowest BCUT2D eigenvalue weighted by Crippen LogP contribution is -2.26. The SMILES string of the molecule is CCOc1ccc(-c2noc(CN(C)S(=O)(=O)c3ccc(OC)c(Br)c3)n2)cc1. The summed E-state index contributed by atoms with van der Waals surface area (Å²) in [7, 11) is -0.784. The molecule has 0 aliphatic rings. The molecule has 3 rings (SSSR count). The molecule has 2 aromatic carbocycles. The molecule has 0 fully saturated rings. The van der Waals surface area contributed by atoms with Crippen LogP contribution in [-0.4, -0.2) is 43.6 Å². The molecule has 0 spiro atoms. The van der Waals surface area contributed by atoms with Gasteiger partial charge in [-0.15, -0.1) is 0 Å². The average molecular weight is 482 g/mol. The van der Waals surface area contributed by atoms with E-state index in [1.807, 2.05) is 31.2 Å². The summed E-state index contributed by atoms with van der Waals surface area (Å²) in [6.07, 6.45) is 0.